The molecule has 0 aliphatic carbocycles. The van der Waals surface area contributed by atoms with Crippen LogP contribution in [-0.4, -0.2) is 7.11 Å². The molecule has 0 heterocycles. The van der Waals surface area contributed by atoms with Crippen molar-refractivity contribution in [1.82, 2.24) is 0 Å². The summed E-state index contributed by atoms with van der Waals surface area (Å²) in [4.78, 5) is 0. The van der Waals surface area contributed by atoms with E-state index >= 15 is 0 Å². The van der Waals surface area contributed by atoms with E-state index < -0.39 is 0 Å². The van der Waals surface area contributed by atoms with E-state index in [2.05, 4.69) is 52.8 Å². The van der Waals surface area contributed by atoms with Gasteiger partial charge in [0.15, 0.2) is 0 Å². The summed E-state index contributed by atoms with van der Waals surface area (Å²) in [5.41, 5.74) is 6.72. The molecule has 0 spiro atoms. The fourth-order valence-corrected chi connectivity index (χ4v) is 3.72. The van der Waals surface area contributed by atoms with Crippen LogP contribution < -0.4 is 4.74 Å². The first kappa shape index (κ1) is 17.9. The second kappa shape index (κ2) is 7.40. The Bertz CT molecular complexity index is 688. The summed E-state index contributed by atoms with van der Waals surface area (Å²) in [6.07, 6.45) is 1.03. The fourth-order valence-electron chi connectivity index (χ4n) is 3.50. The van der Waals surface area contributed by atoms with Gasteiger partial charge in [0.25, 0.3) is 0 Å². The number of benzene rings is 2. The summed E-state index contributed by atoms with van der Waals surface area (Å²) in [5.74, 6) is 1.91. The number of methoxy groups -OCH3 is 1. The molecule has 0 radical (unpaired) electrons. The summed E-state index contributed by atoms with van der Waals surface area (Å²) < 4.78 is 5.55. The lowest BCUT2D eigenvalue weighted by Gasteiger charge is -2.21. The van der Waals surface area contributed by atoms with Crippen molar-refractivity contribution in [2.24, 2.45) is 0 Å². The second-order valence-electron chi connectivity index (χ2n) is 6.73. The lowest BCUT2D eigenvalue weighted by molar-refractivity contribution is 0.406. The highest BCUT2D eigenvalue weighted by Gasteiger charge is 2.16. The molecule has 1 nitrogen and oxygen atoms in total. The van der Waals surface area contributed by atoms with Crippen molar-refractivity contribution in [3.8, 4) is 5.75 Å². The highest BCUT2D eigenvalue weighted by Crippen LogP contribution is 2.34. The maximum Gasteiger partial charge on any atom is 0.122 e. The zero-order valence-corrected chi connectivity index (χ0v) is 15.8. The van der Waals surface area contributed by atoms with Gasteiger partial charge in [-0.1, -0.05) is 44.5 Å². The molecule has 0 saturated carbocycles. The van der Waals surface area contributed by atoms with E-state index in [1.165, 1.54) is 27.8 Å². The molecular weight excluding hydrogens is 304 g/mol. The van der Waals surface area contributed by atoms with Gasteiger partial charge in [0.2, 0.25) is 0 Å². The van der Waals surface area contributed by atoms with Crippen molar-refractivity contribution in [3.63, 3.8) is 0 Å². The van der Waals surface area contributed by atoms with Crippen LogP contribution in [0.3, 0.4) is 0 Å². The lowest BCUT2D eigenvalue weighted by atomic mass is 9.86. The molecule has 23 heavy (non-hydrogen) atoms. The molecule has 1 atom stereocenters. The van der Waals surface area contributed by atoms with Crippen molar-refractivity contribution in [2.75, 3.05) is 7.11 Å². The van der Waals surface area contributed by atoms with Crippen molar-refractivity contribution in [2.45, 2.75) is 52.9 Å². The molecule has 0 amide bonds. The van der Waals surface area contributed by atoms with Crippen LogP contribution in [0.1, 0.15) is 60.4 Å². The first-order valence-electron chi connectivity index (χ1n) is 8.27. The van der Waals surface area contributed by atoms with Crippen LogP contribution in [0.2, 0.25) is 5.02 Å². The van der Waals surface area contributed by atoms with Crippen LogP contribution in [0.4, 0.5) is 0 Å². The highest BCUT2D eigenvalue weighted by molar-refractivity contribution is 6.30. The quantitative estimate of drug-likeness (QED) is 0.613. The van der Waals surface area contributed by atoms with E-state index in [0.29, 0.717) is 11.8 Å². The first-order chi connectivity index (χ1) is 10.8. The van der Waals surface area contributed by atoms with Crippen molar-refractivity contribution in [1.29, 1.82) is 0 Å². The lowest BCUT2D eigenvalue weighted by Crippen LogP contribution is -2.06. The first-order valence-corrected chi connectivity index (χ1v) is 8.65. The molecular formula is C21H27ClO. The summed E-state index contributed by atoms with van der Waals surface area (Å²) in [7, 11) is 1.75. The minimum Gasteiger partial charge on any atom is -0.496 e. The van der Waals surface area contributed by atoms with Gasteiger partial charge < -0.3 is 4.74 Å². The van der Waals surface area contributed by atoms with Gasteiger partial charge in [-0.05, 0) is 78.1 Å². The van der Waals surface area contributed by atoms with Gasteiger partial charge in [0.1, 0.15) is 5.75 Å². The molecule has 124 valence electrons. The van der Waals surface area contributed by atoms with Crippen molar-refractivity contribution >= 4 is 11.6 Å². The van der Waals surface area contributed by atoms with Gasteiger partial charge in [-0.3, -0.25) is 0 Å². The minimum absolute atomic E-state index is 0.456. The standard InChI is InChI=1S/C21H27ClO/c1-13(2)21-16(5)17(7-10-20(21)23-6)11-14(3)19-9-8-18(22)12-15(19)4/h7-10,12-14H,11H2,1-6H3. The van der Waals surface area contributed by atoms with Crippen LogP contribution >= 0.6 is 11.6 Å². The Morgan fingerprint density at radius 1 is 1.04 bits per heavy atom. The van der Waals surface area contributed by atoms with Crippen LogP contribution in [0, 0.1) is 13.8 Å². The van der Waals surface area contributed by atoms with Crippen LogP contribution in [0.5, 0.6) is 5.75 Å². The van der Waals surface area contributed by atoms with Crippen LogP contribution in [0.25, 0.3) is 0 Å². The molecule has 2 rings (SSSR count). The Morgan fingerprint density at radius 3 is 2.30 bits per heavy atom. The molecule has 0 N–H and O–H groups in total. The largest absolute Gasteiger partial charge is 0.496 e. The van der Waals surface area contributed by atoms with Crippen molar-refractivity contribution in [3.05, 3.63) is 63.2 Å². The minimum atomic E-state index is 0.456. The molecule has 2 aromatic rings. The third-order valence-corrected chi connectivity index (χ3v) is 4.91. The zero-order valence-electron chi connectivity index (χ0n) is 15.0. The van der Waals surface area contributed by atoms with E-state index in [-0.39, 0.29) is 0 Å². The number of hydrogen-bond acceptors (Lipinski definition) is 1. The van der Waals surface area contributed by atoms with E-state index in [4.69, 9.17) is 16.3 Å². The van der Waals surface area contributed by atoms with Crippen LogP contribution in [0.15, 0.2) is 30.3 Å². The monoisotopic (exact) mass is 330 g/mol. The number of ether oxygens (including phenoxy) is 1. The Hall–Kier alpha value is -1.47. The Kier molecular flexibility index (Phi) is 5.75. The number of rotatable bonds is 5. The fraction of sp³-hybridized carbons (Fsp3) is 0.429. The average Bonchev–Trinajstić information content (AvgIpc) is 2.48. The Morgan fingerprint density at radius 2 is 1.74 bits per heavy atom. The summed E-state index contributed by atoms with van der Waals surface area (Å²) >= 11 is 6.08. The molecule has 0 aromatic heterocycles. The van der Waals surface area contributed by atoms with Gasteiger partial charge in [-0.15, -0.1) is 0 Å². The van der Waals surface area contributed by atoms with Gasteiger partial charge >= 0.3 is 0 Å². The topological polar surface area (TPSA) is 9.23 Å². The molecule has 0 saturated heterocycles. The average molecular weight is 331 g/mol. The summed E-state index contributed by atoms with van der Waals surface area (Å²) in [6, 6.07) is 10.5. The van der Waals surface area contributed by atoms with Gasteiger partial charge in [-0.2, -0.15) is 0 Å². The molecule has 2 heteroatoms. The molecule has 2 aromatic carbocycles. The van der Waals surface area contributed by atoms with E-state index in [1.54, 1.807) is 7.11 Å². The normalized spacial score (nSPS) is 12.5. The predicted molar refractivity (Wildman–Crippen MR) is 100 cm³/mol. The third kappa shape index (κ3) is 3.90. The summed E-state index contributed by atoms with van der Waals surface area (Å²) in [5, 5.41) is 0.807. The SMILES string of the molecule is COc1ccc(CC(C)c2ccc(Cl)cc2C)c(C)c1C(C)C. The highest BCUT2D eigenvalue weighted by atomic mass is 35.5. The molecule has 0 aliphatic heterocycles. The third-order valence-electron chi connectivity index (χ3n) is 4.67. The van der Waals surface area contributed by atoms with Gasteiger partial charge in [0, 0.05) is 5.02 Å². The maximum absolute atomic E-state index is 6.08. The van der Waals surface area contributed by atoms with E-state index in [9.17, 15) is 0 Å². The Balaban J connectivity index is 2.34. The number of halogens is 1. The van der Waals surface area contributed by atoms with Gasteiger partial charge in [0.05, 0.1) is 7.11 Å². The zero-order chi connectivity index (χ0) is 17.1. The molecule has 0 aliphatic rings. The number of hydrogen-bond donors (Lipinski definition) is 0. The Labute approximate surface area is 145 Å². The molecule has 0 bridgehead atoms. The van der Waals surface area contributed by atoms with E-state index in [1.807, 2.05) is 12.1 Å². The predicted octanol–water partition coefficient (Wildman–Crippen LogP) is 6.44. The second-order valence-corrected chi connectivity index (χ2v) is 7.16. The van der Waals surface area contributed by atoms with Crippen molar-refractivity contribution < 1.29 is 4.74 Å². The molecule has 1 unspecified atom stereocenters. The maximum atomic E-state index is 6.08. The van der Waals surface area contributed by atoms with Gasteiger partial charge in [-0.25, -0.2) is 0 Å². The molecule has 0 fully saturated rings. The van der Waals surface area contributed by atoms with E-state index in [0.717, 1.165) is 17.2 Å². The smallest absolute Gasteiger partial charge is 0.122 e. The van der Waals surface area contributed by atoms with Crippen LogP contribution in [-0.2, 0) is 6.42 Å². The summed E-state index contributed by atoms with van der Waals surface area (Å²) in [6.45, 7) is 11.1. The number of aryl methyl sites for hydroxylation is 1.